The first-order valence-electron chi connectivity index (χ1n) is 6.06. The smallest absolute Gasteiger partial charge is 0.263 e. The average Bonchev–Trinajstić information content (AvgIpc) is 2.67. The van der Waals surface area contributed by atoms with Crippen molar-refractivity contribution in [2.45, 2.75) is 39.7 Å². The van der Waals surface area contributed by atoms with E-state index in [9.17, 15) is 4.79 Å². The van der Waals surface area contributed by atoms with E-state index in [1.54, 1.807) is 0 Å². The van der Waals surface area contributed by atoms with Gasteiger partial charge in [0.05, 0.1) is 10.7 Å². The highest BCUT2D eigenvalue weighted by molar-refractivity contribution is 7.18. The van der Waals surface area contributed by atoms with Crippen LogP contribution in [0.2, 0.25) is 0 Å². The van der Waals surface area contributed by atoms with Crippen LogP contribution in [0.4, 0.5) is 10.7 Å². The fourth-order valence-electron chi connectivity index (χ4n) is 1.59. The second-order valence-electron chi connectivity index (χ2n) is 3.91. The Bertz CT molecular complexity index is 372. The number of hydrogen-bond donors (Lipinski definition) is 3. The summed E-state index contributed by atoms with van der Waals surface area (Å²) in [5.41, 5.74) is 6.39. The highest BCUT2D eigenvalue weighted by Crippen LogP contribution is 2.30. The number of thiophene rings is 1. The van der Waals surface area contributed by atoms with Gasteiger partial charge in [0.15, 0.2) is 0 Å². The molecule has 5 heteroatoms. The van der Waals surface area contributed by atoms with Crippen LogP contribution < -0.4 is 16.4 Å². The van der Waals surface area contributed by atoms with Gasteiger partial charge in [-0.1, -0.05) is 13.8 Å². The molecule has 0 bridgehead atoms. The van der Waals surface area contributed by atoms with Gasteiger partial charge < -0.3 is 16.4 Å². The van der Waals surface area contributed by atoms with Crippen molar-refractivity contribution < 1.29 is 4.79 Å². The first-order chi connectivity index (χ1) is 8.12. The van der Waals surface area contributed by atoms with Crippen LogP contribution >= 0.6 is 11.3 Å². The van der Waals surface area contributed by atoms with E-state index in [1.807, 2.05) is 13.0 Å². The highest BCUT2D eigenvalue weighted by Gasteiger charge is 2.14. The maximum absolute atomic E-state index is 11.7. The van der Waals surface area contributed by atoms with E-state index < -0.39 is 0 Å². The van der Waals surface area contributed by atoms with E-state index in [0.717, 1.165) is 17.8 Å². The lowest BCUT2D eigenvalue weighted by Crippen LogP contribution is -2.22. The molecule has 0 aliphatic rings. The number of nitrogen functional groups attached to an aromatic ring is 1. The monoisotopic (exact) mass is 255 g/mol. The second-order valence-corrected chi connectivity index (χ2v) is 4.96. The zero-order valence-electron chi connectivity index (χ0n) is 10.7. The average molecular weight is 255 g/mol. The molecule has 0 aliphatic carbocycles. The van der Waals surface area contributed by atoms with Crippen LogP contribution in [0.1, 0.15) is 43.3 Å². The van der Waals surface area contributed by atoms with Crippen LogP contribution in [-0.4, -0.2) is 18.5 Å². The normalized spacial score (nSPS) is 10.6. The molecule has 1 heterocycles. The van der Waals surface area contributed by atoms with Gasteiger partial charge >= 0.3 is 0 Å². The lowest BCUT2D eigenvalue weighted by atomic mass is 10.2. The molecule has 4 nitrogen and oxygen atoms in total. The van der Waals surface area contributed by atoms with Gasteiger partial charge in [0.25, 0.3) is 5.91 Å². The molecule has 0 aliphatic heterocycles. The maximum Gasteiger partial charge on any atom is 0.263 e. The largest absolute Gasteiger partial charge is 0.397 e. The molecule has 4 N–H and O–H groups in total. The quantitative estimate of drug-likeness (QED) is 0.732. The third-order valence-corrected chi connectivity index (χ3v) is 3.72. The Labute approximate surface area is 107 Å². The molecule has 0 fully saturated rings. The summed E-state index contributed by atoms with van der Waals surface area (Å²) in [5, 5.41) is 7.13. The molecule has 0 atom stereocenters. The third-order valence-electron chi connectivity index (χ3n) is 2.64. The Kier molecular flexibility index (Phi) is 5.28. The molecule has 96 valence electrons. The van der Waals surface area contributed by atoms with E-state index >= 15 is 0 Å². The van der Waals surface area contributed by atoms with Crippen molar-refractivity contribution in [3.8, 4) is 0 Å². The molecule has 1 aromatic rings. The van der Waals surface area contributed by atoms with Crippen molar-refractivity contribution in [1.82, 2.24) is 5.32 Å². The van der Waals surface area contributed by atoms with Crippen molar-refractivity contribution in [1.29, 1.82) is 0 Å². The van der Waals surface area contributed by atoms with Gasteiger partial charge in [-0.05, 0) is 25.8 Å². The topological polar surface area (TPSA) is 67.2 Å². The zero-order valence-corrected chi connectivity index (χ0v) is 11.5. The minimum atomic E-state index is -0.0902. The molecule has 0 spiro atoms. The number of nitrogens with one attached hydrogen (secondary N) is 2. The number of anilines is 2. The predicted octanol–water partition coefficient (Wildman–Crippen LogP) is 2.68. The lowest BCUT2D eigenvalue weighted by Gasteiger charge is -2.13. The van der Waals surface area contributed by atoms with Crippen molar-refractivity contribution in [3.63, 3.8) is 0 Å². The van der Waals surface area contributed by atoms with Gasteiger partial charge in [-0.25, -0.2) is 0 Å². The van der Waals surface area contributed by atoms with Crippen molar-refractivity contribution >= 4 is 27.9 Å². The standard InChI is InChI=1S/C12H21N3OS/c1-4-8(5-2)15-10-7-9(13)11(17-10)12(16)14-6-3/h7-8,15H,4-6,13H2,1-3H3,(H,14,16). The van der Waals surface area contributed by atoms with E-state index in [4.69, 9.17) is 5.73 Å². The molecule has 1 rings (SSSR count). The molecular weight excluding hydrogens is 234 g/mol. The van der Waals surface area contributed by atoms with Crippen LogP contribution in [0.5, 0.6) is 0 Å². The van der Waals surface area contributed by atoms with Crippen molar-refractivity contribution in [2.24, 2.45) is 0 Å². The van der Waals surface area contributed by atoms with Crippen LogP contribution in [0.15, 0.2) is 6.07 Å². The number of rotatable bonds is 6. The second kappa shape index (κ2) is 6.49. The van der Waals surface area contributed by atoms with Gasteiger partial charge in [0, 0.05) is 12.6 Å². The summed E-state index contributed by atoms with van der Waals surface area (Å²) in [6, 6.07) is 2.28. The van der Waals surface area contributed by atoms with Gasteiger partial charge in [-0.15, -0.1) is 11.3 Å². The summed E-state index contributed by atoms with van der Waals surface area (Å²) >= 11 is 1.42. The first-order valence-corrected chi connectivity index (χ1v) is 6.87. The van der Waals surface area contributed by atoms with Crippen molar-refractivity contribution in [2.75, 3.05) is 17.6 Å². The van der Waals surface area contributed by atoms with Gasteiger partial charge in [0.2, 0.25) is 0 Å². The van der Waals surface area contributed by atoms with E-state index in [0.29, 0.717) is 23.2 Å². The summed E-state index contributed by atoms with van der Waals surface area (Å²) in [7, 11) is 0. The molecule has 0 saturated carbocycles. The molecule has 0 saturated heterocycles. The number of carbonyl (C=O) groups is 1. The van der Waals surface area contributed by atoms with Crippen LogP contribution in [0.25, 0.3) is 0 Å². The highest BCUT2D eigenvalue weighted by atomic mass is 32.1. The lowest BCUT2D eigenvalue weighted by molar-refractivity contribution is 0.0960. The fraction of sp³-hybridized carbons (Fsp3) is 0.583. The summed E-state index contributed by atoms with van der Waals surface area (Å²) in [6.07, 6.45) is 2.12. The number of nitrogens with two attached hydrogens (primary N) is 1. The Morgan fingerprint density at radius 1 is 1.41 bits per heavy atom. The van der Waals surface area contributed by atoms with E-state index in [1.165, 1.54) is 11.3 Å². The first kappa shape index (κ1) is 13.8. The minimum absolute atomic E-state index is 0.0902. The number of amides is 1. The number of carbonyl (C=O) groups excluding carboxylic acids is 1. The molecular formula is C12H21N3OS. The molecule has 0 aromatic carbocycles. The predicted molar refractivity (Wildman–Crippen MR) is 74.7 cm³/mol. The summed E-state index contributed by atoms with van der Waals surface area (Å²) in [6.45, 7) is 6.79. The molecule has 1 amide bonds. The summed E-state index contributed by atoms with van der Waals surface area (Å²) < 4.78 is 0. The van der Waals surface area contributed by atoms with Gasteiger partial charge in [0.1, 0.15) is 4.88 Å². The Morgan fingerprint density at radius 3 is 2.59 bits per heavy atom. The Hall–Kier alpha value is -1.23. The molecule has 17 heavy (non-hydrogen) atoms. The van der Waals surface area contributed by atoms with Crippen LogP contribution in [-0.2, 0) is 0 Å². The minimum Gasteiger partial charge on any atom is -0.397 e. The molecule has 1 aromatic heterocycles. The summed E-state index contributed by atoms with van der Waals surface area (Å²) in [5.74, 6) is -0.0902. The fourth-order valence-corrected chi connectivity index (χ4v) is 2.56. The molecule has 0 radical (unpaired) electrons. The summed E-state index contributed by atoms with van der Waals surface area (Å²) in [4.78, 5) is 12.3. The van der Waals surface area contributed by atoms with E-state index in [2.05, 4.69) is 24.5 Å². The zero-order chi connectivity index (χ0) is 12.8. The van der Waals surface area contributed by atoms with E-state index in [-0.39, 0.29) is 5.91 Å². The SMILES string of the molecule is CCNC(=O)c1sc(NC(CC)CC)cc1N. The Morgan fingerprint density at radius 2 is 2.06 bits per heavy atom. The van der Waals surface area contributed by atoms with Gasteiger partial charge in [-0.2, -0.15) is 0 Å². The van der Waals surface area contributed by atoms with Gasteiger partial charge in [-0.3, -0.25) is 4.79 Å². The number of hydrogen-bond acceptors (Lipinski definition) is 4. The van der Waals surface area contributed by atoms with Crippen LogP contribution in [0.3, 0.4) is 0 Å². The third kappa shape index (κ3) is 3.63. The maximum atomic E-state index is 11.7. The van der Waals surface area contributed by atoms with Crippen molar-refractivity contribution in [3.05, 3.63) is 10.9 Å². The van der Waals surface area contributed by atoms with Crippen LogP contribution in [0, 0.1) is 0 Å². The Balaban J connectivity index is 2.77. The molecule has 0 unspecified atom stereocenters.